The van der Waals surface area contributed by atoms with Crippen LogP contribution in [0.1, 0.15) is 19.3 Å². The van der Waals surface area contributed by atoms with E-state index in [1.165, 1.54) is 19.3 Å². The van der Waals surface area contributed by atoms with Gasteiger partial charge in [0, 0.05) is 18.5 Å². The van der Waals surface area contributed by atoms with E-state index in [9.17, 15) is 0 Å². The number of hydrogen-bond acceptors (Lipinski definition) is 4. The molecule has 0 radical (unpaired) electrons. The molecule has 2 aliphatic rings. The van der Waals surface area contributed by atoms with Crippen molar-refractivity contribution in [2.45, 2.75) is 19.3 Å². The zero-order chi connectivity index (χ0) is 10.6. The van der Waals surface area contributed by atoms with Crippen LogP contribution in [0, 0.1) is 5.41 Å². The summed E-state index contributed by atoms with van der Waals surface area (Å²) in [6, 6.07) is 0. The number of rotatable bonds is 1. The Labute approximate surface area is 92.9 Å². The molecule has 4 rings (SSSR count). The maximum Gasteiger partial charge on any atom is 0.182 e. The summed E-state index contributed by atoms with van der Waals surface area (Å²) in [6.07, 6.45) is 7.46. The molecule has 0 atom stereocenters. The molecule has 0 amide bonds. The number of nitrogens with one attached hydrogen (secondary N) is 1. The number of nitrogens with zero attached hydrogens (tertiary/aromatic N) is 4. The van der Waals surface area contributed by atoms with Gasteiger partial charge in [0.1, 0.15) is 11.8 Å². The molecule has 3 heterocycles. The standard InChI is InChI=1S/C11H13N5/c1-2-11(3-1)4-16(5-11)10-8-9(13-6-12-8)14-7-15-10/h6-7H,1-5H2,(H,12,13,14,15). The lowest BCUT2D eigenvalue weighted by Gasteiger charge is -2.56. The molecule has 0 aromatic carbocycles. The van der Waals surface area contributed by atoms with E-state index in [0.29, 0.717) is 5.41 Å². The number of anilines is 1. The molecule has 1 N–H and O–H groups in total. The third-order valence-electron chi connectivity index (χ3n) is 3.97. The third kappa shape index (κ3) is 0.977. The first-order valence-electron chi connectivity index (χ1n) is 5.75. The summed E-state index contributed by atoms with van der Waals surface area (Å²) in [4.78, 5) is 18.1. The van der Waals surface area contributed by atoms with Gasteiger partial charge in [0.2, 0.25) is 0 Å². The van der Waals surface area contributed by atoms with Gasteiger partial charge in [-0.2, -0.15) is 0 Å². The fourth-order valence-electron chi connectivity index (χ4n) is 2.90. The summed E-state index contributed by atoms with van der Waals surface area (Å²) < 4.78 is 0. The number of hydrogen-bond donors (Lipinski definition) is 1. The quantitative estimate of drug-likeness (QED) is 0.780. The lowest BCUT2D eigenvalue weighted by molar-refractivity contribution is 0.0899. The maximum atomic E-state index is 4.37. The summed E-state index contributed by atoms with van der Waals surface area (Å²) in [7, 11) is 0. The Bertz CT molecular complexity index is 534. The van der Waals surface area contributed by atoms with Crippen LogP contribution in [0.5, 0.6) is 0 Å². The van der Waals surface area contributed by atoms with Crippen LogP contribution >= 0.6 is 0 Å². The van der Waals surface area contributed by atoms with Gasteiger partial charge in [-0.1, -0.05) is 6.42 Å². The average Bonchev–Trinajstić information content (AvgIpc) is 2.61. The van der Waals surface area contributed by atoms with Gasteiger partial charge < -0.3 is 9.88 Å². The number of H-pyrrole nitrogens is 1. The Morgan fingerprint density at radius 1 is 1.19 bits per heavy atom. The number of aromatic amines is 1. The van der Waals surface area contributed by atoms with Crippen LogP contribution in [0.4, 0.5) is 5.82 Å². The normalized spacial score (nSPS) is 22.1. The molecule has 2 aromatic rings. The topological polar surface area (TPSA) is 57.7 Å². The highest BCUT2D eigenvalue weighted by atomic mass is 15.3. The van der Waals surface area contributed by atoms with Crippen LogP contribution in [0.3, 0.4) is 0 Å². The number of fused-ring (bicyclic) bond motifs is 1. The summed E-state index contributed by atoms with van der Waals surface area (Å²) in [5.74, 6) is 1.01. The molecule has 2 aromatic heterocycles. The highest BCUT2D eigenvalue weighted by Crippen LogP contribution is 2.49. The van der Waals surface area contributed by atoms with Crippen molar-refractivity contribution >= 4 is 17.0 Å². The first kappa shape index (κ1) is 8.50. The smallest absolute Gasteiger partial charge is 0.182 e. The second kappa shape index (κ2) is 2.72. The first-order chi connectivity index (χ1) is 7.86. The third-order valence-corrected chi connectivity index (χ3v) is 3.97. The molecule has 5 nitrogen and oxygen atoms in total. The molecule has 0 bridgehead atoms. The molecule has 1 saturated carbocycles. The van der Waals surface area contributed by atoms with Crippen LogP contribution in [-0.4, -0.2) is 33.0 Å². The molecule has 1 spiro atoms. The Morgan fingerprint density at radius 3 is 2.81 bits per heavy atom. The maximum absolute atomic E-state index is 4.37. The van der Waals surface area contributed by atoms with Gasteiger partial charge >= 0.3 is 0 Å². The fraction of sp³-hybridized carbons (Fsp3) is 0.545. The SMILES string of the molecule is c1nc(N2CC3(CCC3)C2)c2[nH]cnc2n1. The van der Waals surface area contributed by atoms with Crippen molar-refractivity contribution in [1.82, 2.24) is 19.9 Å². The highest BCUT2D eigenvalue weighted by Gasteiger charge is 2.48. The minimum absolute atomic E-state index is 0.622. The average molecular weight is 215 g/mol. The zero-order valence-corrected chi connectivity index (χ0v) is 8.98. The lowest BCUT2D eigenvalue weighted by Crippen LogP contribution is -2.60. The van der Waals surface area contributed by atoms with E-state index in [2.05, 4.69) is 24.8 Å². The van der Waals surface area contributed by atoms with Crippen LogP contribution in [-0.2, 0) is 0 Å². The predicted molar refractivity (Wildman–Crippen MR) is 60.2 cm³/mol. The molecular formula is C11H13N5. The van der Waals surface area contributed by atoms with Gasteiger partial charge in [-0.15, -0.1) is 0 Å². The van der Waals surface area contributed by atoms with E-state index in [1.54, 1.807) is 12.7 Å². The summed E-state index contributed by atoms with van der Waals surface area (Å²) >= 11 is 0. The fourth-order valence-corrected chi connectivity index (χ4v) is 2.90. The van der Waals surface area contributed by atoms with E-state index in [1.807, 2.05) is 0 Å². The van der Waals surface area contributed by atoms with E-state index in [0.717, 1.165) is 30.1 Å². The second-order valence-corrected chi connectivity index (χ2v) is 5.01. The van der Waals surface area contributed by atoms with Gasteiger partial charge in [-0.25, -0.2) is 15.0 Å². The second-order valence-electron chi connectivity index (χ2n) is 5.01. The van der Waals surface area contributed by atoms with Gasteiger partial charge in [0.25, 0.3) is 0 Å². The zero-order valence-electron chi connectivity index (χ0n) is 8.98. The molecule has 1 aliphatic carbocycles. The first-order valence-corrected chi connectivity index (χ1v) is 5.75. The van der Waals surface area contributed by atoms with E-state index in [-0.39, 0.29) is 0 Å². The van der Waals surface area contributed by atoms with Gasteiger partial charge in [0.05, 0.1) is 6.33 Å². The Hall–Kier alpha value is -1.65. The molecule has 2 fully saturated rings. The largest absolute Gasteiger partial charge is 0.353 e. The number of aromatic nitrogens is 4. The van der Waals surface area contributed by atoms with Crippen LogP contribution in [0.25, 0.3) is 11.2 Å². The minimum atomic E-state index is 0.622. The molecule has 1 aliphatic heterocycles. The van der Waals surface area contributed by atoms with Gasteiger partial charge in [-0.05, 0) is 12.8 Å². The van der Waals surface area contributed by atoms with Crippen molar-refractivity contribution in [2.24, 2.45) is 5.41 Å². The van der Waals surface area contributed by atoms with Crippen molar-refractivity contribution in [3.63, 3.8) is 0 Å². The highest BCUT2D eigenvalue weighted by molar-refractivity contribution is 5.83. The molecule has 82 valence electrons. The van der Waals surface area contributed by atoms with Crippen molar-refractivity contribution in [1.29, 1.82) is 0 Å². The van der Waals surface area contributed by atoms with Crippen molar-refractivity contribution in [3.05, 3.63) is 12.7 Å². The Morgan fingerprint density at radius 2 is 2.06 bits per heavy atom. The van der Waals surface area contributed by atoms with Gasteiger partial charge in [0.15, 0.2) is 11.5 Å². The van der Waals surface area contributed by atoms with Crippen molar-refractivity contribution in [2.75, 3.05) is 18.0 Å². The van der Waals surface area contributed by atoms with Crippen LogP contribution < -0.4 is 4.90 Å². The van der Waals surface area contributed by atoms with E-state index < -0.39 is 0 Å². The molecular weight excluding hydrogens is 202 g/mol. The molecule has 0 unspecified atom stereocenters. The van der Waals surface area contributed by atoms with E-state index >= 15 is 0 Å². The predicted octanol–water partition coefficient (Wildman–Crippen LogP) is 1.34. The van der Waals surface area contributed by atoms with Gasteiger partial charge in [-0.3, -0.25) is 0 Å². The lowest BCUT2D eigenvalue weighted by atomic mass is 9.63. The number of imidazole rings is 1. The summed E-state index contributed by atoms with van der Waals surface area (Å²) in [6.45, 7) is 2.30. The van der Waals surface area contributed by atoms with Crippen molar-refractivity contribution in [3.8, 4) is 0 Å². The Kier molecular flexibility index (Phi) is 1.45. The monoisotopic (exact) mass is 215 g/mol. The molecule has 5 heteroatoms. The van der Waals surface area contributed by atoms with Crippen LogP contribution in [0.15, 0.2) is 12.7 Å². The molecule has 16 heavy (non-hydrogen) atoms. The molecule has 1 saturated heterocycles. The van der Waals surface area contributed by atoms with Crippen LogP contribution in [0.2, 0.25) is 0 Å². The Balaban J connectivity index is 1.70. The minimum Gasteiger partial charge on any atom is -0.353 e. The van der Waals surface area contributed by atoms with E-state index in [4.69, 9.17) is 0 Å². The summed E-state index contributed by atoms with van der Waals surface area (Å²) in [5, 5.41) is 0. The van der Waals surface area contributed by atoms with Crippen molar-refractivity contribution < 1.29 is 0 Å². The summed E-state index contributed by atoms with van der Waals surface area (Å²) in [5.41, 5.74) is 2.35.